The van der Waals surface area contributed by atoms with Gasteiger partial charge in [-0.2, -0.15) is 26.3 Å². The first-order chi connectivity index (χ1) is 25.3. The fraction of sp³-hybridized carbons (Fsp3) is 0.333. The molecule has 294 valence electrons. The van der Waals surface area contributed by atoms with Crippen molar-refractivity contribution in [3.8, 4) is 11.5 Å². The lowest BCUT2D eigenvalue weighted by Gasteiger charge is -2.23. The van der Waals surface area contributed by atoms with Gasteiger partial charge in [0.25, 0.3) is 5.91 Å². The van der Waals surface area contributed by atoms with Crippen molar-refractivity contribution in [2.45, 2.75) is 65.2 Å². The van der Waals surface area contributed by atoms with Crippen molar-refractivity contribution >= 4 is 40.1 Å². The molecule has 18 heteroatoms. The van der Waals surface area contributed by atoms with E-state index in [0.717, 1.165) is 28.8 Å². The van der Waals surface area contributed by atoms with Crippen molar-refractivity contribution in [3.63, 3.8) is 0 Å². The third kappa shape index (κ3) is 12.8. The number of carbonyl (C=O) groups excluding carboxylic acids is 1. The second-order valence-electron chi connectivity index (χ2n) is 11.1. The minimum atomic E-state index is -5.08. The molecule has 0 saturated heterocycles. The van der Waals surface area contributed by atoms with E-state index in [-0.39, 0.29) is 11.6 Å². The van der Waals surface area contributed by atoms with E-state index in [1.807, 2.05) is 75.4 Å². The molecule has 3 aromatic carbocycles. The first-order valence-corrected chi connectivity index (χ1v) is 16.2. The molecule has 2 atom stereocenters. The van der Waals surface area contributed by atoms with Gasteiger partial charge < -0.3 is 41.2 Å². The number of aliphatic hydroxyl groups excluding tert-OH is 1. The Labute approximate surface area is 305 Å². The van der Waals surface area contributed by atoms with Crippen LogP contribution in [0.1, 0.15) is 60.8 Å². The van der Waals surface area contributed by atoms with Gasteiger partial charge in [0.05, 0.1) is 36.1 Å². The number of pyridine rings is 1. The second kappa shape index (κ2) is 20.0. The number of carboxylic acid groups (broad SMARTS) is 2. The highest BCUT2D eigenvalue weighted by molar-refractivity contribution is 6.08. The zero-order valence-corrected chi connectivity index (χ0v) is 29.5. The lowest BCUT2D eigenvalue weighted by atomic mass is 10.00. The molecule has 0 fully saturated rings. The summed E-state index contributed by atoms with van der Waals surface area (Å²) in [5.74, 6) is -4.93. The lowest BCUT2D eigenvalue weighted by molar-refractivity contribution is -0.193. The number of ether oxygens (including phenoxy) is 2. The number of alkyl halides is 6. The zero-order valence-electron chi connectivity index (χ0n) is 29.5. The van der Waals surface area contributed by atoms with E-state index in [1.165, 1.54) is 6.20 Å². The zero-order chi connectivity index (χ0) is 40.8. The largest absolute Gasteiger partial charge is 0.490 e. The maximum absolute atomic E-state index is 12.5. The quantitative estimate of drug-likeness (QED) is 0.0774. The molecule has 0 saturated carbocycles. The number of nitrogens with two attached hydrogens (primary N) is 1. The van der Waals surface area contributed by atoms with E-state index in [2.05, 4.69) is 28.6 Å². The molecule has 12 nitrogen and oxygen atoms in total. The molecule has 4 aromatic rings. The van der Waals surface area contributed by atoms with Crippen LogP contribution in [0.2, 0.25) is 0 Å². The van der Waals surface area contributed by atoms with Crippen molar-refractivity contribution < 1.29 is 65.5 Å². The minimum Gasteiger partial charge on any atom is -0.490 e. The maximum atomic E-state index is 12.5. The molecule has 4 rings (SSSR count). The van der Waals surface area contributed by atoms with Crippen LogP contribution in [-0.2, 0) is 22.6 Å². The topological polar surface area (TPSA) is 193 Å². The summed E-state index contributed by atoms with van der Waals surface area (Å²) in [6.07, 6.45) is -8.55. The number of halogens is 6. The van der Waals surface area contributed by atoms with Gasteiger partial charge in [0, 0.05) is 35.9 Å². The Morgan fingerprint density at radius 2 is 1.39 bits per heavy atom. The molecular formula is C36H40F6N4O8. The average Bonchev–Trinajstić information content (AvgIpc) is 3.11. The van der Waals surface area contributed by atoms with E-state index in [0.29, 0.717) is 47.8 Å². The number of rotatable bonds is 13. The normalized spacial score (nSPS) is 12.3. The number of nitrogens with one attached hydrogen (secondary N) is 2. The van der Waals surface area contributed by atoms with Crippen molar-refractivity contribution in [2.24, 2.45) is 5.73 Å². The smallest absolute Gasteiger partial charge is 0.490 e. The van der Waals surface area contributed by atoms with Gasteiger partial charge in [-0.3, -0.25) is 9.78 Å². The summed E-state index contributed by atoms with van der Waals surface area (Å²) >= 11 is 0. The van der Waals surface area contributed by atoms with Gasteiger partial charge in [0.2, 0.25) is 0 Å². The van der Waals surface area contributed by atoms with E-state index < -0.39 is 36.3 Å². The standard InChI is InChI=1S/C32H38N4O4.2C2HF3O2/c1-5-23-22(18-34-20(4)31(37)21-12-9-8-10-13-21)14-11-15-26(23)36-30-24-16-28(39-6-2)29(40-7-3)17-27(24)35-19-25(30)32(33)38;2*3-2(4,5)1(6)7/h8-17,19-20,31,34,37H,5-7,18H2,1-4H3,(H2,33,38)(H,35,36);2*(H,6,7). The highest BCUT2D eigenvalue weighted by Crippen LogP contribution is 2.38. The van der Waals surface area contributed by atoms with Gasteiger partial charge >= 0.3 is 24.3 Å². The summed E-state index contributed by atoms with van der Waals surface area (Å²) in [5, 5.41) is 32.7. The molecule has 7 N–H and O–H groups in total. The monoisotopic (exact) mass is 770 g/mol. The number of carboxylic acids is 2. The van der Waals surface area contributed by atoms with E-state index in [9.17, 15) is 36.2 Å². The van der Waals surface area contributed by atoms with E-state index in [4.69, 9.17) is 35.0 Å². The molecule has 54 heavy (non-hydrogen) atoms. The molecule has 0 radical (unpaired) electrons. The van der Waals surface area contributed by atoms with Crippen LogP contribution in [0.15, 0.2) is 66.9 Å². The number of hydrogen-bond donors (Lipinski definition) is 6. The molecule has 0 spiro atoms. The first-order valence-electron chi connectivity index (χ1n) is 16.2. The molecule has 0 bridgehead atoms. The number of hydrogen-bond acceptors (Lipinski definition) is 9. The van der Waals surface area contributed by atoms with Crippen LogP contribution >= 0.6 is 0 Å². The van der Waals surface area contributed by atoms with Gasteiger partial charge in [-0.05, 0) is 56.0 Å². The molecular weight excluding hydrogens is 730 g/mol. The predicted molar refractivity (Wildman–Crippen MR) is 187 cm³/mol. The Hall–Kier alpha value is -5.62. The summed E-state index contributed by atoms with van der Waals surface area (Å²) in [5.41, 5.74) is 11.2. The van der Waals surface area contributed by atoms with Gasteiger partial charge in [-0.25, -0.2) is 9.59 Å². The van der Waals surface area contributed by atoms with Crippen molar-refractivity contribution in [3.05, 3.63) is 89.1 Å². The highest BCUT2D eigenvalue weighted by atomic mass is 19.4. The van der Waals surface area contributed by atoms with E-state index in [1.54, 1.807) is 0 Å². The molecule has 1 amide bonds. The summed E-state index contributed by atoms with van der Waals surface area (Å²) < 4.78 is 75.1. The second-order valence-corrected chi connectivity index (χ2v) is 11.1. The van der Waals surface area contributed by atoms with Gasteiger partial charge in [0.15, 0.2) is 11.5 Å². The summed E-state index contributed by atoms with van der Waals surface area (Å²) in [6.45, 7) is 9.39. The number of anilines is 2. The number of benzene rings is 3. The van der Waals surface area contributed by atoms with E-state index >= 15 is 0 Å². The number of nitrogens with zero attached hydrogens (tertiary/aromatic N) is 1. The number of aromatic nitrogens is 1. The van der Waals surface area contributed by atoms with Crippen LogP contribution in [0.5, 0.6) is 11.5 Å². The van der Waals surface area contributed by atoms with Crippen molar-refractivity contribution in [1.82, 2.24) is 10.3 Å². The number of carbonyl (C=O) groups is 3. The molecule has 0 aliphatic rings. The maximum Gasteiger partial charge on any atom is 0.490 e. The minimum absolute atomic E-state index is 0.161. The van der Waals surface area contributed by atoms with Crippen molar-refractivity contribution in [1.29, 1.82) is 0 Å². The van der Waals surface area contributed by atoms with Crippen LogP contribution in [0.4, 0.5) is 37.7 Å². The number of primary amides is 1. The SMILES string of the molecule is CCOc1cc2ncc(C(N)=O)c(Nc3cccc(CNC(C)C(O)c4ccccc4)c3CC)c2cc1OCC.O=C(O)C(F)(F)F.O=C(O)C(F)(F)F. The summed E-state index contributed by atoms with van der Waals surface area (Å²) in [4.78, 5) is 34.7. The third-order valence-electron chi connectivity index (χ3n) is 7.40. The molecule has 0 aliphatic carbocycles. The van der Waals surface area contributed by atoms with Gasteiger partial charge in [-0.15, -0.1) is 0 Å². The van der Waals surface area contributed by atoms with Crippen LogP contribution in [0.3, 0.4) is 0 Å². The molecule has 0 aliphatic heterocycles. The Morgan fingerprint density at radius 1 is 0.852 bits per heavy atom. The molecule has 1 aromatic heterocycles. The fourth-order valence-corrected chi connectivity index (χ4v) is 4.85. The number of aliphatic carboxylic acids is 2. The van der Waals surface area contributed by atoms with Crippen LogP contribution in [0, 0.1) is 0 Å². The van der Waals surface area contributed by atoms with Crippen LogP contribution < -0.4 is 25.8 Å². The molecule has 2 unspecified atom stereocenters. The Balaban J connectivity index is 0.000000610. The van der Waals surface area contributed by atoms with Crippen LogP contribution in [0.25, 0.3) is 10.9 Å². The average molecular weight is 771 g/mol. The summed E-state index contributed by atoms with van der Waals surface area (Å²) in [7, 11) is 0. The predicted octanol–water partition coefficient (Wildman–Crippen LogP) is 6.92. The van der Waals surface area contributed by atoms with Crippen LogP contribution in [-0.4, -0.2) is 69.8 Å². The third-order valence-corrected chi connectivity index (χ3v) is 7.40. The van der Waals surface area contributed by atoms with Crippen molar-refractivity contribution in [2.75, 3.05) is 18.5 Å². The number of aliphatic hydroxyl groups is 1. The highest BCUT2D eigenvalue weighted by Gasteiger charge is 2.39. The lowest BCUT2D eigenvalue weighted by Crippen LogP contribution is -2.32. The Kier molecular flexibility index (Phi) is 16.5. The summed E-state index contributed by atoms with van der Waals surface area (Å²) in [6, 6.07) is 19.2. The number of amides is 1. The Morgan fingerprint density at radius 3 is 1.87 bits per heavy atom. The fourth-order valence-electron chi connectivity index (χ4n) is 4.85. The van der Waals surface area contributed by atoms with Gasteiger partial charge in [0.1, 0.15) is 0 Å². The Bertz CT molecular complexity index is 1850. The number of fused-ring (bicyclic) bond motifs is 1. The van der Waals surface area contributed by atoms with Gasteiger partial charge in [-0.1, -0.05) is 49.4 Å². The first kappa shape index (κ1) is 44.5. The molecule has 1 heterocycles.